The van der Waals surface area contributed by atoms with E-state index in [9.17, 15) is 4.79 Å². The smallest absolute Gasteiger partial charge is 0.170 e. The third-order valence-corrected chi connectivity index (χ3v) is 5.21. The number of hydrogen-bond acceptors (Lipinski definition) is 4. The zero-order chi connectivity index (χ0) is 18.4. The zero-order valence-corrected chi connectivity index (χ0v) is 14.7. The molecule has 1 aliphatic rings. The molecule has 1 aliphatic carbocycles. The van der Waals surface area contributed by atoms with E-state index in [0.717, 1.165) is 41.6 Å². The molecule has 1 atom stereocenters. The van der Waals surface area contributed by atoms with E-state index >= 15 is 0 Å². The Bertz CT molecular complexity index is 1160. The van der Waals surface area contributed by atoms with E-state index in [4.69, 9.17) is 10.7 Å². The van der Waals surface area contributed by atoms with Crippen molar-refractivity contribution in [3.05, 3.63) is 77.5 Å². The Balaban J connectivity index is 1.78. The fourth-order valence-corrected chi connectivity index (χ4v) is 3.86. The number of benzene rings is 2. The maximum absolute atomic E-state index is 11.2. The van der Waals surface area contributed by atoms with E-state index in [0.29, 0.717) is 11.3 Å². The van der Waals surface area contributed by atoms with Crippen LogP contribution in [0.3, 0.4) is 0 Å². The molecule has 4 aromatic rings. The van der Waals surface area contributed by atoms with Gasteiger partial charge in [-0.15, -0.1) is 0 Å². The van der Waals surface area contributed by atoms with Crippen molar-refractivity contribution in [3.8, 4) is 22.5 Å². The SMILES string of the molecule is NC1CCc2cc(-c3nc4ccc(C=O)nn4c3-c3ccccc3)ccc21. The Hall–Kier alpha value is -3.31. The number of aryl methyl sites for hydroxylation is 1. The number of aldehydes is 1. The lowest BCUT2D eigenvalue weighted by atomic mass is 10.0. The van der Waals surface area contributed by atoms with Gasteiger partial charge in [-0.3, -0.25) is 4.79 Å². The summed E-state index contributed by atoms with van der Waals surface area (Å²) in [4.78, 5) is 16.1. The maximum atomic E-state index is 11.2. The summed E-state index contributed by atoms with van der Waals surface area (Å²) in [5.41, 5.74) is 13.6. The largest absolute Gasteiger partial charge is 0.324 e. The second kappa shape index (κ2) is 6.14. The number of hydrogen-bond donors (Lipinski definition) is 1. The van der Waals surface area contributed by atoms with Crippen LogP contribution in [0.5, 0.6) is 0 Å². The van der Waals surface area contributed by atoms with Gasteiger partial charge in [-0.2, -0.15) is 5.10 Å². The molecule has 132 valence electrons. The highest BCUT2D eigenvalue weighted by Gasteiger charge is 2.22. The van der Waals surface area contributed by atoms with Gasteiger partial charge in [-0.1, -0.05) is 42.5 Å². The van der Waals surface area contributed by atoms with Crippen LogP contribution in [0.15, 0.2) is 60.7 Å². The average molecular weight is 354 g/mol. The van der Waals surface area contributed by atoms with Crippen molar-refractivity contribution >= 4 is 11.9 Å². The maximum Gasteiger partial charge on any atom is 0.170 e. The number of carbonyl (C=O) groups is 1. The molecular formula is C22H18N4O. The first-order valence-electron chi connectivity index (χ1n) is 9.04. The molecule has 5 nitrogen and oxygen atoms in total. The summed E-state index contributed by atoms with van der Waals surface area (Å²) in [6.07, 6.45) is 2.73. The molecule has 2 heterocycles. The van der Waals surface area contributed by atoms with Crippen molar-refractivity contribution < 1.29 is 4.79 Å². The van der Waals surface area contributed by atoms with E-state index in [1.807, 2.05) is 36.4 Å². The first-order chi connectivity index (χ1) is 13.2. The number of imidazole rings is 1. The Morgan fingerprint density at radius 2 is 1.89 bits per heavy atom. The minimum absolute atomic E-state index is 0.125. The third-order valence-electron chi connectivity index (χ3n) is 5.21. The molecule has 0 amide bonds. The summed E-state index contributed by atoms with van der Waals surface area (Å²) in [5, 5.41) is 4.47. The lowest BCUT2D eigenvalue weighted by molar-refractivity contribution is 0.111. The summed E-state index contributed by atoms with van der Waals surface area (Å²) < 4.78 is 1.76. The molecule has 0 bridgehead atoms. The Morgan fingerprint density at radius 3 is 2.70 bits per heavy atom. The predicted octanol–water partition coefficient (Wildman–Crippen LogP) is 3.82. The van der Waals surface area contributed by atoms with Crippen LogP contribution < -0.4 is 5.73 Å². The Kier molecular flexibility index (Phi) is 3.62. The van der Waals surface area contributed by atoms with E-state index < -0.39 is 0 Å². The second-order valence-electron chi connectivity index (χ2n) is 6.88. The summed E-state index contributed by atoms with van der Waals surface area (Å²) in [7, 11) is 0. The highest BCUT2D eigenvalue weighted by Crippen LogP contribution is 2.36. The molecule has 1 unspecified atom stereocenters. The molecule has 0 fully saturated rings. The quantitative estimate of drug-likeness (QED) is 0.568. The molecule has 0 saturated heterocycles. The molecular weight excluding hydrogens is 336 g/mol. The van der Waals surface area contributed by atoms with E-state index in [2.05, 4.69) is 23.3 Å². The van der Waals surface area contributed by atoms with Gasteiger partial charge in [0.2, 0.25) is 0 Å². The van der Waals surface area contributed by atoms with E-state index in [1.165, 1.54) is 11.1 Å². The van der Waals surface area contributed by atoms with Gasteiger partial charge in [-0.05, 0) is 42.2 Å². The molecule has 0 aliphatic heterocycles. The highest BCUT2D eigenvalue weighted by atomic mass is 16.1. The number of aromatic nitrogens is 3. The zero-order valence-electron chi connectivity index (χ0n) is 14.7. The van der Waals surface area contributed by atoms with Crippen molar-refractivity contribution in [3.63, 3.8) is 0 Å². The topological polar surface area (TPSA) is 73.3 Å². The second-order valence-corrected chi connectivity index (χ2v) is 6.88. The van der Waals surface area contributed by atoms with Crippen LogP contribution in [0, 0.1) is 0 Å². The molecule has 2 aromatic carbocycles. The Morgan fingerprint density at radius 1 is 1.04 bits per heavy atom. The summed E-state index contributed by atoms with van der Waals surface area (Å²) >= 11 is 0. The van der Waals surface area contributed by atoms with E-state index in [1.54, 1.807) is 10.6 Å². The predicted molar refractivity (Wildman–Crippen MR) is 104 cm³/mol. The molecule has 2 N–H and O–H groups in total. The van der Waals surface area contributed by atoms with Gasteiger partial charge in [0.05, 0.1) is 5.69 Å². The molecule has 5 heteroatoms. The fraction of sp³-hybridized carbons (Fsp3) is 0.136. The van der Waals surface area contributed by atoms with Crippen molar-refractivity contribution in [2.75, 3.05) is 0 Å². The third kappa shape index (κ3) is 2.55. The fourth-order valence-electron chi connectivity index (χ4n) is 3.86. The van der Waals surface area contributed by atoms with Crippen LogP contribution in [0.2, 0.25) is 0 Å². The number of nitrogens with zero attached hydrogens (tertiary/aromatic N) is 3. The highest BCUT2D eigenvalue weighted by molar-refractivity contribution is 5.82. The van der Waals surface area contributed by atoms with Crippen LogP contribution >= 0.6 is 0 Å². The minimum atomic E-state index is 0.125. The normalized spacial score (nSPS) is 15.8. The summed E-state index contributed by atoms with van der Waals surface area (Å²) in [6.45, 7) is 0. The number of rotatable bonds is 3. The molecule has 27 heavy (non-hydrogen) atoms. The van der Waals surface area contributed by atoms with Crippen LogP contribution in [-0.4, -0.2) is 20.9 Å². The van der Waals surface area contributed by atoms with Crippen molar-refractivity contribution in [2.24, 2.45) is 5.73 Å². The summed E-state index contributed by atoms with van der Waals surface area (Å²) in [5.74, 6) is 0. The van der Waals surface area contributed by atoms with Gasteiger partial charge in [0.1, 0.15) is 11.4 Å². The van der Waals surface area contributed by atoms with Gasteiger partial charge in [0.25, 0.3) is 0 Å². The monoisotopic (exact) mass is 354 g/mol. The van der Waals surface area contributed by atoms with E-state index in [-0.39, 0.29) is 6.04 Å². The van der Waals surface area contributed by atoms with Crippen molar-refractivity contribution in [1.29, 1.82) is 0 Å². The Labute approximate surface area is 156 Å². The van der Waals surface area contributed by atoms with Crippen LogP contribution in [0.4, 0.5) is 0 Å². The van der Waals surface area contributed by atoms with Crippen LogP contribution in [-0.2, 0) is 6.42 Å². The average Bonchev–Trinajstić information content (AvgIpc) is 3.28. The van der Waals surface area contributed by atoms with Crippen molar-refractivity contribution in [1.82, 2.24) is 14.6 Å². The molecule has 2 aromatic heterocycles. The first-order valence-corrected chi connectivity index (χ1v) is 9.04. The molecule has 0 radical (unpaired) electrons. The van der Waals surface area contributed by atoms with Gasteiger partial charge >= 0.3 is 0 Å². The van der Waals surface area contributed by atoms with Crippen LogP contribution in [0.25, 0.3) is 28.2 Å². The van der Waals surface area contributed by atoms with Crippen LogP contribution in [0.1, 0.15) is 34.1 Å². The van der Waals surface area contributed by atoms with Gasteiger partial charge in [0.15, 0.2) is 11.9 Å². The number of fused-ring (bicyclic) bond motifs is 2. The number of nitrogens with two attached hydrogens (primary N) is 1. The standard InChI is InChI=1S/C22H18N4O/c23-19-10-7-15-12-16(6-9-18(15)19)21-22(14-4-2-1-3-5-14)26-20(24-21)11-8-17(13-27)25-26/h1-6,8-9,11-13,19H,7,10,23H2. The lowest BCUT2D eigenvalue weighted by Gasteiger charge is -2.08. The molecule has 0 saturated carbocycles. The summed E-state index contributed by atoms with van der Waals surface area (Å²) in [6, 6.07) is 20.1. The lowest BCUT2D eigenvalue weighted by Crippen LogP contribution is -2.04. The van der Waals surface area contributed by atoms with Gasteiger partial charge < -0.3 is 5.73 Å². The molecule has 0 spiro atoms. The number of carbonyl (C=O) groups excluding carboxylic acids is 1. The first kappa shape index (κ1) is 15.9. The van der Waals surface area contributed by atoms with Gasteiger partial charge in [-0.25, -0.2) is 9.50 Å². The minimum Gasteiger partial charge on any atom is -0.324 e. The molecule has 5 rings (SSSR count). The van der Waals surface area contributed by atoms with Crippen molar-refractivity contribution in [2.45, 2.75) is 18.9 Å². The van der Waals surface area contributed by atoms with Gasteiger partial charge in [0, 0.05) is 17.2 Å².